The van der Waals surface area contributed by atoms with Crippen molar-refractivity contribution in [2.45, 2.75) is 65.6 Å². The number of hydrogen-bond acceptors (Lipinski definition) is 3. The number of rotatable bonds is 4. The number of carbonyl (C=O) groups is 2. The Morgan fingerprint density at radius 1 is 1.18 bits per heavy atom. The maximum atomic E-state index is 13.1. The topological polar surface area (TPSA) is 58.6 Å². The van der Waals surface area contributed by atoms with Gasteiger partial charge in [-0.1, -0.05) is 34.6 Å². The van der Waals surface area contributed by atoms with Gasteiger partial charge < -0.3 is 15.0 Å². The molecule has 2 amide bonds. The molecule has 5 atom stereocenters. The second-order valence-corrected chi connectivity index (χ2v) is 7.60. The number of carbonyl (C=O) groups excluding carboxylic acids is 2. The summed E-state index contributed by atoms with van der Waals surface area (Å²) in [6.45, 7) is 10.6. The summed E-state index contributed by atoms with van der Waals surface area (Å²) in [5.74, 6) is 1.81. The summed E-state index contributed by atoms with van der Waals surface area (Å²) in [6, 6.07) is 0.117. The lowest BCUT2D eigenvalue weighted by atomic mass is 9.82. The predicted octanol–water partition coefficient (Wildman–Crippen LogP) is 2.65. The van der Waals surface area contributed by atoms with Gasteiger partial charge in [0.25, 0.3) is 0 Å². The molecule has 0 spiro atoms. The van der Waals surface area contributed by atoms with E-state index in [2.05, 4.69) is 35.7 Å². The van der Waals surface area contributed by atoms with Crippen molar-refractivity contribution < 1.29 is 14.3 Å². The molecule has 2 bridgehead atoms. The molecule has 0 aromatic carbocycles. The second kappa shape index (κ2) is 6.47. The highest BCUT2D eigenvalue weighted by molar-refractivity contribution is 5.86. The summed E-state index contributed by atoms with van der Waals surface area (Å²) in [5, 5.41) is 2.72. The van der Waals surface area contributed by atoms with Crippen LogP contribution >= 0.6 is 0 Å². The Hall–Kier alpha value is -1.26. The second-order valence-electron chi connectivity index (χ2n) is 7.60. The maximum Gasteiger partial charge on any atom is 0.407 e. The van der Waals surface area contributed by atoms with Gasteiger partial charge in [0.2, 0.25) is 5.91 Å². The average molecular weight is 310 g/mol. The van der Waals surface area contributed by atoms with Gasteiger partial charge in [-0.2, -0.15) is 0 Å². The summed E-state index contributed by atoms with van der Waals surface area (Å²) >= 11 is 0. The SMILES string of the molecule is COC(=O)N[C@H](C(=O)N1[C@@H]2C[C@H]([C@H](C)C2)[C@H]1C(C)C)C(C)C. The van der Waals surface area contributed by atoms with Gasteiger partial charge in [-0.05, 0) is 36.5 Å². The van der Waals surface area contributed by atoms with Crippen LogP contribution in [0.15, 0.2) is 0 Å². The largest absolute Gasteiger partial charge is 0.453 e. The fourth-order valence-electron chi connectivity index (χ4n) is 4.40. The molecule has 1 aliphatic carbocycles. The molecule has 1 aliphatic heterocycles. The van der Waals surface area contributed by atoms with Gasteiger partial charge >= 0.3 is 6.09 Å². The van der Waals surface area contributed by atoms with Gasteiger partial charge in [-0.15, -0.1) is 0 Å². The number of nitrogens with zero attached hydrogens (tertiary/aromatic N) is 1. The van der Waals surface area contributed by atoms with Gasteiger partial charge in [-0.25, -0.2) is 4.79 Å². The average Bonchev–Trinajstić information content (AvgIpc) is 2.99. The zero-order chi connectivity index (χ0) is 16.6. The molecule has 2 fully saturated rings. The Kier molecular flexibility index (Phi) is 5.03. The number of piperidine rings is 1. The van der Waals surface area contributed by atoms with E-state index in [4.69, 9.17) is 0 Å². The van der Waals surface area contributed by atoms with Crippen molar-refractivity contribution in [2.75, 3.05) is 7.11 Å². The van der Waals surface area contributed by atoms with Crippen LogP contribution in [0.1, 0.15) is 47.5 Å². The number of methoxy groups -OCH3 is 1. The monoisotopic (exact) mass is 310 g/mol. The first kappa shape index (κ1) is 17.1. The minimum atomic E-state index is -0.536. The van der Waals surface area contributed by atoms with Crippen molar-refractivity contribution in [3.63, 3.8) is 0 Å². The van der Waals surface area contributed by atoms with Crippen LogP contribution in [0.4, 0.5) is 4.79 Å². The molecular weight excluding hydrogens is 280 g/mol. The molecule has 0 aromatic heterocycles. The quantitative estimate of drug-likeness (QED) is 0.868. The highest BCUT2D eigenvalue weighted by atomic mass is 16.5. The number of amides is 2. The number of fused-ring (bicyclic) bond motifs is 2. The zero-order valence-corrected chi connectivity index (χ0v) is 14.6. The molecular formula is C17H30N2O3. The number of alkyl carbamates (subject to hydrolysis) is 1. The van der Waals surface area contributed by atoms with Crippen LogP contribution < -0.4 is 5.32 Å². The van der Waals surface area contributed by atoms with Crippen molar-refractivity contribution in [3.8, 4) is 0 Å². The van der Waals surface area contributed by atoms with Crippen molar-refractivity contribution in [3.05, 3.63) is 0 Å². The van der Waals surface area contributed by atoms with Gasteiger partial charge in [-0.3, -0.25) is 4.79 Å². The zero-order valence-electron chi connectivity index (χ0n) is 14.6. The molecule has 1 saturated heterocycles. The standard InChI is InChI=1S/C17H30N2O3/c1-9(2)14(18-17(21)22-6)16(20)19-12-7-11(5)13(8-12)15(19)10(3)4/h9-15H,7-8H2,1-6H3,(H,18,21)/t11-,12+,13-,14+,15-/m1/s1. The minimum Gasteiger partial charge on any atom is -0.453 e. The predicted molar refractivity (Wildman–Crippen MR) is 85.3 cm³/mol. The molecule has 2 rings (SSSR count). The highest BCUT2D eigenvalue weighted by Gasteiger charge is 2.53. The van der Waals surface area contributed by atoms with Crippen LogP contribution in [-0.2, 0) is 9.53 Å². The van der Waals surface area contributed by atoms with Gasteiger partial charge in [0, 0.05) is 12.1 Å². The van der Waals surface area contributed by atoms with Gasteiger partial charge in [0.15, 0.2) is 0 Å². The van der Waals surface area contributed by atoms with E-state index in [0.717, 1.165) is 12.8 Å². The van der Waals surface area contributed by atoms with E-state index in [1.807, 2.05) is 13.8 Å². The number of hydrogen-bond donors (Lipinski definition) is 1. The van der Waals surface area contributed by atoms with E-state index in [0.29, 0.717) is 29.8 Å². The maximum absolute atomic E-state index is 13.1. The minimum absolute atomic E-state index is 0.0379. The number of likely N-dealkylation sites (tertiary alicyclic amines) is 1. The summed E-state index contributed by atoms with van der Waals surface area (Å²) in [6.07, 6.45) is 1.66. The van der Waals surface area contributed by atoms with E-state index < -0.39 is 12.1 Å². The molecule has 5 heteroatoms. The first-order chi connectivity index (χ1) is 10.3. The van der Waals surface area contributed by atoms with Crippen LogP contribution in [0, 0.1) is 23.7 Å². The number of nitrogens with one attached hydrogen (secondary N) is 1. The molecule has 1 saturated carbocycles. The van der Waals surface area contributed by atoms with E-state index in [-0.39, 0.29) is 11.8 Å². The van der Waals surface area contributed by atoms with Crippen molar-refractivity contribution >= 4 is 12.0 Å². The Morgan fingerprint density at radius 2 is 1.82 bits per heavy atom. The summed E-state index contributed by atoms with van der Waals surface area (Å²) in [5.41, 5.74) is 0. The molecule has 126 valence electrons. The van der Waals surface area contributed by atoms with E-state index in [1.54, 1.807) is 0 Å². The van der Waals surface area contributed by atoms with Crippen LogP contribution in [0.2, 0.25) is 0 Å². The lowest BCUT2D eigenvalue weighted by molar-refractivity contribution is -0.140. The Balaban J connectivity index is 2.20. The first-order valence-electron chi connectivity index (χ1n) is 8.44. The van der Waals surface area contributed by atoms with Crippen LogP contribution in [0.5, 0.6) is 0 Å². The van der Waals surface area contributed by atoms with E-state index >= 15 is 0 Å². The fourth-order valence-corrected chi connectivity index (χ4v) is 4.40. The molecule has 2 aliphatic rings. The lowest BCUT2D eigenvalue weighted by Gasteiger charge is -2.42. The van der Waals surface area contributed by atoms with Gasteiger partial charge in [0.05, 0.1) is 7.11 Å². The summed E-state index contributed by atoms with van der Waals surface area (Å²) < 4.78 is 4.68. The van der Waals surface area contributed by atoms with E-state index in [9.17, 15) is 9.59 Å². The Labute approximate surface area is 133 Å². The lowest BCUT2D eigenvalue weighted by Crippen LogP contribution is -2.57. The molecule has 1 N–H and O–H groups in total. The van der Waals surface area contributed by atoms with Crippen LogP contribution in [-0.4, -0.2) is 42.1 Å². The van der Waals surface area contributed by atoms with Crippen molar-refractivity contribution in [1.82, 2.24) is 10.2 Å². The van der Waals surface area contributed by atoms with Crippen LogP contribution in [0.25, 0.3) is 0 Å². The highest BCUT2D eigenvalue weighted by Crippen LogP contribution is 2.48. The third kappa shape index (κ3) is 2.95. The van der Waals surface area contributed by atoms with Gasteiger partial charge in [0.1, 0.15) is 6.04 Å². The molecule has 0 unspecified atom stereocenters. The molecule has 22 heavy (non-hydrogen) atoms. The summed E-state index contributed by atoms with van der Waals surface area (Å²) in [7, 11) is 1.33. The van der Waals surface area contributed by atoms with Crippen LogP contribution in [0.3, 0.4) is 0 Å². The first-order valence-corrected chi connectivity index (χ1v) is 8.44. The third-order valence-electron chi connectivity index (χ3n) is 5.40. The molecule has 0 aromatic rings. The number of ether oxygens (including phenoxy) is 1. The normalized spacial score (nSPS) is 31.7. The Morgan fingerprint density at radius 3 is 2.32 bits per heavy atom. The molecule has 5 nitrogen and oxygen atoms in total. The summed E-state index contributed by atoms with van der Waals surface area (Å²) in [4.78, 5) is 26.8. The Bertz CT molecular complexity index is 436. The molecule has 0 radical (unpaired) electrons. The van der Waals surface area contributed by atoms with E-state index in [1.165, 1.54) is 7.11 Å². The molecule has 1 heterocycles. The van der Waals surface area contributed by atoms with Crippen molar-refractivity contribution in [2.24, 2.45) is 23.7 Å². The van der Waals surface area contributed by atoms with Crippen molar-refractivity contribution in [1.29, 1.82) is 0 Å². The third-order valence-corrected chi connectivity index (χ3v) is 5.40. The smallest absolute Gasteiger partial charge is 0.407 e. The fraction of sp³-hybridized carbons (Fsp3) is 0.882.